The third kappa shape index (κ3) is 3.88. The number of fused-ring (bicyclic) bond motifs is 1. The fraction of sp³-hybridized carbons (Fsp3) is 0.588. The number of carbonyl (C=O) groups excluding carboxylic acids is 1. The first-order chi connectivity index (χ1) is 11.2. The van der Waals surface area contributed by atoms with Crippen LogP contribution in [0.4, 0.5) is 4.39 Å². The van der Waals surface area contributed by atoms with Crippen molar-refractivity contribution in [2.45, 2.75) is 32.2 Å². The molecule has 0 atom stereocenters. The third-order valence-corrected chi connectivity index (χ3v) is 4.93. The van der Waals surface area contributed by atoms with Crippen molar-refractivity contribution in [2.24, 2.45) is 5.92 Å². The third-order valence-electron chi connectivity index (χ3n) is 4.93. The predicted molar refractivity (Wildman–Crippen MR) is 84.8 cm³/mol. The molecule has 0 unspecified atom stereocenters. The predicted octanol–water partition coefficient (Wildman–Crippen LogP) is 1.69. The van der Waals surface area contributed by atoms with Gasteiger partial charge in [0, 0.05) is 24.2 Å². The lowest BCUT2D eigenvalue weighted by molar-refractivity contribution is 0.0705. The van der Waals surface area contributed by atoms with E-state index in [1.54, 1.807) is 11.5 Å². The van der Waals surface area contributed by atoms with E-state index in [9.17, 15) is 9.18 Å². The summed E-state index contributed by atoms with van der Waals surface area (Å²) in [6.45, 7) is 4.81. The average Bonchev–Trinajstić information content (AvgIpc) is 2.52. The highest BCUT2D eigenvalue weighted by Crippen LogP contribution is 2.24. The van der Waals surface area contributed by atoms with Gasteiger partial charge in [-0.1, -0.05) is 6.42 Å². The largest absolute Gasteiger partial charge is 0.316 e. The van der Waals surface area contributed by atoms with Crippen molar-refractivity contribution in [1.82, 2.24) is 15.7 Å². The summed E-state index contributed by atoms with van der Waals surface area (Å²) in [5.41, 5.74) is 3.29. The number of unbranched alkanes of at least 4 members (excludes halogenated alkanes) is 1. The molecule has 1 saturated heterocycles. The van der Waals surface area contributed by atoms with E-state index >= 15 is 0 Å². The molecule has 0 aromatic heterocycles. The molecule has 0 saturated carbocycles. The van der Waals surface area contributed by atoms with Crippen LogP contribution in [-0.2, 0) is 13.0 Å². The zero-order valence-corrected chi connectivity index (χ0v) is 13.3. The molecule has 3 N–H and O–H groups in total. The Morgan fingerprint density at radius 2 is 2.22 bits per heavy atom. The summed E-state index contributed by atoms with van der Waals surface area (Å²) in [4.78, 5) is 13.7. The van der Waals surface area contributed by atoms with Crippen molar-refractivity contribution in [3.8, 4) is 0 Å². The van der Waals surface area contributed by atoms with Crippen LogP contribution in [0.25, 0.3) is 0 Å². The maximum absolute atomic E-state index is 14.3. The van der Waals surface area contributed by atoms with Crippen LogP contribution in [0.15, 0.2) is 12.1 Å². The minimum absolute atomic E-state index is 0.173. The zero-order valence-electron chi connectivity index (χ0n) is 13.3. The fourth-order valence-electron chi connectivity index (χ4n) is 3.38. The van der Waals surface area contributed by atoms with Gasteiger partial charge >= 0.3 is 0 Å². The monoisotopic (exact) mass is 321 g/mol. The van der Waals surface area contributed by atoms with Crippen LogP contribution in [0.1, 0.15) is 40.7 Å². The van der Waals surface area contributed by atoms with Gasteiger partial charge in [-0.15, -0.1) is 0 Å². The summed E-state index contributed by atoms with van der Waals surface area (Å²) in [7, 11) is 0. The Morgan fingerprint density at radius 1 is 1.39 bits per heavy atom. The zero-order chi connectivity index (χ0) is 16.2. The molecule has 0 aliphatic carbocycles. The Balaban J connectivity index is 1.54. The van der Waals surface area contributed by atoms with Crippen LogP contribution in [0.3, 0.4) is 0 Å². The van der Waals surface area contributed by atoms with Crippen molar-refractivity contribution < 1.29 is 14.4 Å². The minimum atomic E-state index is -0.667. The number of nitrogens with zero attached hydrogens (tertiary/aromatic N) is 1. The van der Waals surface area contributed by atoms with Crippen LogP contribution in [0.2, 0.25) is 0 Å². The minimum Gasteiger partial charge on any atom is -0.316 e. The summed E-state index contributed by atoms with van der Waals surface area (Å²) >= 11 is 0. The highest BCUT2D eigenvalue weighted by atomic mass is 19.1. The highest BCUT2D eigenvalue weighted by molar-refractivity contribution is 5.93. The normalized spacial score (nSPS) is 18.3. The molecule has 2 aliphatic heterocycles. The molecule has 1 fully saturated rings. The van der Waals surface area contributed by atoms with Gasteiger partial charge in [-0.05, 0) is 62.5 Å². The second-order valence-electron chi connectivity index (χ2n) is 6.58. The van der Waals surface area contributed by atoms with E-state index in [1.165, 1.54) is 18.9 Å². The van der Waals surface area contributed by atoms with Gasteiger partial charge in [-0.3, -0.25) is 14.9 Å². The Kier molecular flexibility index (Phi) is 5.25. The number of amides is 1. The van der Waals surface area contributed by atoms with Gasteiger partial charge in [-0.2, -0.15) is 0 Å². The molecule has 0 bridgehead atoms. The molecule has 0 radical (unpaired) electrons. The lowest BCUT2D eigenvalue weighted by atomic mass is 9.95. The van der Waals surface area contributed by atoms with E-state index in [1.807, 2.05) is 0 Å². The standard InChI is InChI=1S/C17H24FN3O2/c18-16-8-14(17(22)20-23)7-13-4-6-21(11-15(13)16)5-2-1-3-12-9-19-10-12/h7-8,12,19,23H,1-6,9-11H2,(H,20,22). The SMILES string of the molecule is O=C(NO)c1cc(F)c2c(c1)CCN(CCCCC1CNC1)C2. The molecule has 2 heterocycles. The molecule has 3 rings (SSSR count). The highest BCUT2D eigenvalue weighted by Gasteiger charge is 2.22. The lowest BCUT2D eigenvalue weighted by Crippen LogP contribution is -2.41. The summed E-state index contributed by atoms with van der Waals surface area (Å²) in [5, 5.41) is 12.0. The molecule has 0 spiro atoms. The number of hydrogen-bond acceptors (Lipinski definition) is 4. The van der Waals surface area contributed by atoms with E-state index in [0.717, 1.165) is 50.5 Å². The first kappa shape index (κ1) is 16.4. The second kappa shape index (κ2) is 7.38. The van der Waals surface area contributed by atoms with Crippen LogP contribution in [0, 0.1) is 11.7 Å². The van der Waals surface area contributed by atoms with Crippen LogP contribution in [0.5, 0.6) is 0 Å². The molecule has 5 nitrogen and oxygen atoms in total. The van der Waals surface area contributed by atoms with Crippen LogP contribution in [-0.4, -0.2) is 42.2 Å². The number of nitrogens with one attached hydrogen (secondary N) is 2. The number of halogens is 1. The van der Waals surface area contributed by atoms with Crippen LogP contribution >= 0.6 is 0 Å². The molecule has 1 amide bonds. The lowest BCUT2D eigenvalue weighted by Gasteiger charge is -2.30. The molecular weight excluding hydrogens is 297 g/mol. The number of hydroxylamine groups is 1. The van der Waals surface area contributed by atoms with Crippen molar-refractivity contribution in [3.05, 3.63) is 34.6 Å². The van der Waals surface area contributed by atoms with Crippen molar-refractivity contribution in [2.75, 3.05) is 26.2 Å². The van der Waals surface area contributed by atoms with E-state index < -0.39 is 5.91 Å². The van der Waals surface area contributed by atoms with Gasteiger partial charge in [0.15, 0.2) is 0 Å². The quantitative estimate of drug-likeness (QED) is 0.424. The summed E-state index contributed by atoms with van der Waals surface area (Å²) < 4.78 is 14.3. The average molecular weight is 321 g/mol. The van der Waals surface area contributed by atoms with Gasteiger partial charge in [0.2, 0.25) is 0 Å². The van der Waals surface area contributed by atoms with Crippen molar-refractivity contribution in [3.63, 3.8) is 0 Å². The Bertz CT molecular complexity index is 575. The Hall–Kier alpha value is -1.50. The number of hydrogen-bond donors (Lipinski definition) is 3. The fourth-order valence-corrected chi connectivity index (χ4v) is 3.38. The molecule has 1 aromatic rings. The number of rotatable bonds is 6. The smallest absolute Gasteiger partial charge is 0.274 e. The molecular formula is C17H24FN3O2. The molecule has 23 heavy (non-hydrogen) atoms. The number of carbonyl (C=O) groups is 1. The van der Waals surface area contributed by atoms with Gasteiger partial charge < -0.3 is 5.32 Å². The Morgan fingerprint density at radius 3 is 2.91 bits per heavy atom. The molecule has 6 heteroatoms. The maximum Gasteiger partial charge on any atom is 0.274 e. The van der Waals surface area contributed by atoms with E-state index in [-0.39, 0.29) is 11.4 Å². The van der Waals surface area contributed by atoms with Gasteiger partial charge in [0.05, 0.1) is 0 Å². The van der Waals surface area contributed by atoms with Gasteiger partial charge in [0.1, 0.15) is 5.82 Å². The summed E-state index contributed by atoms with van der Waals surface area (Å²) in [5.74, 6) is -0.170. The van der Waals surface area contributed by atoms with Gasteiger partial charge in [0.25, 0.3) is 5.91 Å². The van der Waals surface area contributed by atoms with E-state index in [0.29, 0.717) is 12.1 Å². The maximum atomic E-state index is 14.3. The van der Waals surface area contributed by atoms with Crippen molar-refractivity contribution >= 4 is 5.91 Å². The van der Waals surface area contributed by atoms with E-state index in [4.69, 9.17) is 5.21 Å². The first-order valence-corrected chi connectivity index (χ1v) is 8.36. The topological polar surface area (TPSA) is 64.6 Å². The molecule has 126 valence electrons. The van der Waals surface area contributed by atoms with E-state index in [2.05, 4.69) is 10.2 Å². The molecule has 1 aromatic carbocycles. The van der Waals surface area contributed by atoms with Gasteiger partial charge in [-0.25, -0.2) is 9.87 Å². The molecule has 2 aliphatic rings. The summed E-state index contributed by atoms with van der Waals surface area (Å²) in [6, 6.07) is 2.89. The van der Waals surface area contributed by atoms with Crippen molar-refractivity contribution in [1.29, 1.82) is 0 Å². The number of benzene rings is 1. The first-order valence-electron chi connectivity index (χ1n) is 8.36. The summed E-state index contributed by atoms with van der Waals surface area (Å²) in [6.07, 6.45) is 4.41. The Labute approximate surface area is 135 Å². The van der Waals surface area contributed by atoms with Crippen LogP contribution < -0.4 is 10.8 Å². The second-order valence-corrected chi connectivity index (χ2v) is 6.58.